The summed E-state index contributed by atoms with van der Waals surface area (Å²) < 4.78 is 11.0. The number of hydrogen-bond donors (Lipinski definition) is 1. The molecule has 1 amide bonds. The molecule has 9 heteroatoms. The monoisotopic (exact) mass is 464 g/mol. The Labute approximate surface area is 187 Å². The minimum Gasteiger partial charge on any atom is -0.472 e. The molecule has 0 radical (unpaired) electrons. The van der Waals surface area contributed by atoms with Crippen LogP contribution in [-0.4, -0.2) is 23.9 Å². The van der Waals surface area contributed by atoms with Crippen molar-refractivity contribution in [1.82, 2.24) is 10.3 Å². The molecule has 0 saturated heterocycles. The smallest absolute Gasteiger partial charge is 0.345 e. The third kappa shape index (κ3) is 5.21. The average Bonchev–Trinajstić information content (AvgIpc) is 2.74. The molecule has 0 bridgehead atoms. The first-order chi connectivity index (χ1) is 14.4. The fraction of sp³-hybridized carbons (Fsp3) is 0.0952. The molecule has 0 aliphatic rings. The molecule has 0 saturated carbocycles. The summed E-state index contributed by atoms with van der Waals surface area (Å²) in [5, 5.41) is 2.94. The zero-order valence-corrected chi connectivity index (χ0v) is 17.9. The number of benzene rings is 2. The summed E-state index contributed by atoms with van der Waals surface area (Å²) in [6.45, 7) is 0.206. The quantitative estimate of drug-likeness (QED) is 0.400. The number of rotatable bonds is 6. The lowest BCUT2D eigenvalue weighted by molar-refractivity contribution is 0.0734. The summed E-state index contributed by atoms with van der Waals surface area (Å²) in [7, 11) is 1.46. The van der Waals surface area contributed by atoms with Crippen LogP contribution in [0, 0.1) is 0 Å². The molecule has 0 fully saturated rings. The van der Waals surface area contributed by atoms with Crippen molar-refractivity contribution in [2.75, 3.05) is 7.05 Å². The molecule has 0 spiro atoms. The standard InChI is InChI=1S/C21H15Cl3N2O4/c1-25-19(27)15-7-13(10-26-20(15)29-11-12-5-3-2-4-6-12)21(28)30-18-16(23)8-14(22)9-17(18)24/h2-10H,11H2,1H3,(H,25,27). The van der Waals surface area contributed by atoms with Gasteiger partial charge in [-0.15, -0.1) is 0 Å². The molecule has 1 heterocycles. The van der Waals surface area contributed by atoms with Crippen molar-refractivity contribution in [2.24, 2.45) is 0 Å². The zero-order valence-electron chi connectivity index (χ0n) is 15.6. The number of nitrogens with zero attached hydrogens (tertiary/aromatic N) is 1. The first-order valence-corrected chi connectivity index (χ1v) is 9.78. The Morgan fingerprint density at radius 1 is 1.03 bits per heavy atom. The number of carbonyl (C=O) groups excluding carboxylic acids is 2. The Morgan fingerprint density at radius 2 is 1.70 bits per heavy atom. The SMILES string of the molecule is CNC(=O)c1cc(C(=O)Oc2c(Cl)cc(Cl)cc2Cl)cnc1OCc1ccccc1. The number of nitrogens with one attached hydrogen (secondary N) is 1. The predicted octanol–water partition coefficient (Wildman–Crippen LogP) is 5.20. The molecule has 0 aliphatic heterocycles. The van der Waals surface area contributed by atoms with Gasteiger partial charge in [-0.2, -0.15) is 0 Å². The number of pyridine rings is 1. The van der Waals surface area contributed by atoms with E-state index in [0.29, 0.717) is 5.02 Å². The molecule has 0 atom stereocenters. The van der Waals surface area contributed by atoms with Crippen LogP contribution in [0.5, 0.6) is 11.6 Å². The summed E-state index contributed by atoms with van der Waals surface area (Å²) in [5.74, 6) is -1.23. The van der Waals surface area contributed by atoms with E-state index in [-0.39, 0.29) is 39.4 Å². The molecule has 1 N–H and O–H groups in total. The number of hydrogen-bond acceptors (Lipinski definition) is 5. The number of amides is 1. The van der Waals surface area contributed by atoms with Crippen LogP contribution in [0.1, 0.15) is 26.3 Å². The van der Waals surface area contributed by atoms with Gasteiger partial charge in [-0.25, -0.2) is 9.78 Å². The van der Waals surface area contributed by atoms with Gasteiger partial charge in [0.25, 0.3) is 5.91 Å². The Kier molecular flexibility index (Phi) is 7.15. The van der Waals surface area contributed by atoms with Crippen LogP contribution in [0.4, 0.5) is 0 Å². The second-order valence-corrected chi connectivity index (χ2v) is 7.27. The van der Waals surface area contributed by atoms with Gasteiger partial charge in [0, 0.05) is 18.3 Å². The minimum atomic E-state index is -0.798. The molecule has 154 valence electrons. The highest BCUT2D eigenvalue weighted by Crippen LogP contribution is 2.36. The van der Waals surface area contributed by atoms with Gasteiger partial charge in [-0.3, -0.25) is 4.79 Å². The van der Waals surface area contributed by atoms with Gasteiger partial charge in [-0.05, 0) is 23.8 Å². The van der Waals surface area contributed by atoms with Crippen LogP contribution < -0.4 is 14.8 Å². The minimum absolute atomic E-state index is 0.0164. The van der Waals surface area contributed by atoms with E-state index in [1.165, 1.54) is 31.4 Å². The second-order valence-electron chi connectivity index (χ2n) is 6.02. The molecule has 0 aliphatic carbocycles. The number of aromatic nitrogens is 1. The maximum absolute atomic E-state index is 12.6. The fourth-order valence-electron chi connectivity index (χ4n) is 2.48. The Morgan fingerprint density at radius 3 is 2.33 bits per heavy atom. The van der Waals surface area contributed by atoms with Crippen LogP contribution in [-0.2, 0) is 6.61 Å². The molecule has 30 heavy (non-hydrogen) atoms. The summed E-state index contributed by atoms with van der Waals surface area (Å²) in [6, 6.07) is 13.5. The van der Waals surface area contributed by atoms with Gasteiger partial charge in [0.1, 0.15) is 12.2 Å². The van der Waals surface area contributed by atoms with Crippen LogP contribution in [0.15, 0.2) is 54.7 Å². The zero-order chi connectivity index (χ0) is 21.7. The molecular weight excluding hydrogens is 451 g/mol. The van der Waals surface area contributed by atoms with Gasteiger partial charge in [0.15, 0.2) is 5.75 Å². The van der Waals surface area contributed by atoms with Crippen molar-refractivity contribution in [3.63, 3.8) is 0 Å². The number of ether oxygens (including phenoxy) is 2. The lowest BCUT2D eigenvalue weighted by atomic mass is 10.2. The third-order valence-corrected chi connectivity index (χ3v) is 4.71. The van der Waals surface area contributed by atoms with Crippen LogP contribution in [0.25, 0.3) is 0 Å². The number of carbonyl (C=O) groups is 2. The molecule has 1 aromatic heterocycles. The van der Waals surface area contributed by atoms with Gasteiger partial charge in [0.2, 0.25) is 5.88 Å². The maximum atomic E-state index is 12.6. The molecular formula is C21H15Cl3N2O4. The summed E-state index contributed by atoms with van der Waals surface area (Å²) >= 11 is 18.0. The van der Waals surface area contributed by atoms with E-state index in [0.717, 1.165) is 5.56 Å². The highest BCUT2D eigenvalue weighted by atomic mass is 35.5. The Balaban J connectivity index is 1.85. The highest BCUT2D eigenvalue weighted by Gasteiger charge is 2.20. The van der Waals surface area contributed by atoms with Crippen molar-refractivity contribution in [3.05, 3.63) is 86.5 Å². The van der Waals surface area contributed by atoms with Crippen molar-refractivity contribution in [1.29, 1.82) is 0 Å². The highest BCUT2D eigenvalue weighted by molar-refractivity contribution is 6.40. The van der Waals surface area contributed by atoms with E-state index in [1.807, 2.05) is 30.3 Å². The largest absolute Gasteiger partial charge is 0.472 e. The van der Waals surface area contributed by atoms with Gasteiger partial charge in [0.05, 0.1) is 15.6 Å². The van der Waals surface area contributed by atoms with Crippen LogP contribution in [0.3, 0.4) is 0 Å². The van der Waals surface area contributed by atoms with Gasteiger partial charge in [-0.1, -0.05) is 65.1 Å². The maximum Gasteiger partial charge on any atom is 0.345 e. The molecule has 3 rings (SSSR count). The second kappa shape index (κ2) is 9.80. The number of esters is 1. The molecule has 0 unspecified atom stereocenters. The third-order valence-electron chi connectivity index (χ3n) is 3.93. The van der Waals surface area contributed by atoms with E-state index >= 15 is 0 Å². The average molecular weight is 466 g/mol. The first kappa shape index (κ1) is 21.9. The fourth-order valence-corrected chi connectivity index (χ4v) is 3.37. The van der Waals surface area contributed by atoms with E-state index in [9.17, 15) is 9.59 Å². The van der Waals surface area contributed by atoms with Gasteiger partial charge >= 0.3 is 5.97 Å². The lowest BCUT2D eigenvalue weighted by Crippen LogP contribution is -2.21. The first-order valence-electron chi connectivity index (χ1n) is 8.64. The van der Waals surface area contributed by atoms with E-state index < -0.39 is 11.9 Å². The predicted molar refractivity (Wildman–Crippen MR) is 115 cm³/mol. The molecule has 2 aromatic carbocycles. The van der Waals surface area contributed by atoms with Crippen molar-refractivity contribution >= 4 is 46.7 Å². The van der Waals surface area contributed by atoms with E-state index in [2.05, 4.69) is 10.3 Å². The van der Waals surface area contributed by atoms with E-state index in [1.54, 1.807) is 0 Å². The molecule has 6 nitrogen and oxygen atoms in total. The summed E-state index contributed by atoms with van der Waals surface area (Å²) in [4.78, 5) is 29.0. The van der Waals surface area contributed by atoms with Crippen molar-refractivity contribution < 1.29 is 19.1 Å². The number of halogens is 3. The Hall–Kier alpha value is -2.80. The Bertz CT molecular complexity index is 1070. The van der Waals surface area contributed by atoms with Crippen LogP contribution in [0.2, 0.25) is 15.1 Å². The van der Waals surface area contributed by atoms with Crippen molar-refractivity contribution in [3.8, 4) is 11.6 Å². The van der Waals surface area contributed by atoms with Crippen LogP contribution >= 0.6 is 34.8 Å². The topological polar surface area (TPSA) is 77.5 Å². The summed E-state index contributed by atoms with van der Waals surface area (Å²) in [5.41, 5.74) is 0.997. The normalized spacial score (nSPS) is 10.4. The van der Waals surface area contributed by atoms with Crippen molar-refractivity contribution in [2.45, 2.75) is 6.61 Å². The van der Waals surface area contributed by atoms with E-state index in [4.69, 9.17) is 44.3 Å². The summed E-state index contributed by atoms with van der Waals surface area (Å²) in [6.07, 6.45) is 1.24. The molecule has 3 aromatic rings. The lowest BCUT2D eigenvalue weighted by Gasteiger charge is -2.12. The van der Waals surface area contributed by atoms with Gasteiger partial charge < -0.3 is 14.8 Å².